The van der Waals surface area contributed by atoms with Gasteiger partial charge in [-0.05, 0) is 121 Å². The molecule has 71 heavy (non-hydrogen) atoms. The minimum absolute atomic E-state index is 1.09. The van der Waals surface area contributed by atoms with E-state index in [9.17, 15) is 0 Å². The maximum Gasteiger partial charge on any atom is 0.0555 e. The van der Waals surface area contributed by atoms with Crippen molar-refractivity contribution in [1.29, 1.82) is 0 Å². The Balaban J connectivity index is 0.959. The molecule has 14 aromatic rings. The van der Waals surface area contributed by atoms with Crippen molar-refractivity contribution >= 4 is 91.9 Å². The van der Waals surface area contributed by atoms with E-state index >= 15 is 0 Å². The zero-order chi connectivity index (χ0) is 46.8. The zero-order valence-corrected chi connectivity index (χ0v) is 39.5. The zero-order valence-electron chi connectivity index (χ0n) is 38.7. The van der Waals surface area contributed by atoms with Gasteiger partial charge in [-0.3, -0.25) is 0 Å². The minimum atomic E-state index is 1.09. The van der Waals surface area contributed by atoms with Crippen molar-refractivity contribution in [3.8, 4) is 50.2 Å². The topological polar surface area (TPSA) is 8.17 Å². The molecule has 0 saturated heterocycles. The average Bonchev–Trinajstić information content (AvgIpc) is 4.00. The number of para-hydroxylation sites is 1. The Hall–Kier alpha value is -9.02. The molecule has 2 heterocycles. The molecule has 2 aromatic heterocycles. The average molecular weight is 921 g/mol. The number of thiophene rings is 1. The van der Waals surface area contributed by atoms with E-state index in [1.165, 1.54) is 108 Å². The summed E-state index contributed by atoms with van der Waals surface area (Å²) in [4.78, 5) is 2.48. The Morgan fingerprint density at radius 1 is 0.310 bits per heavy atom. The van der Waals surface area contributed by atoms with E-state index in [1.807, 2.05) is 11.3 Å². The summed E-state index contributed by atoms with van der Waals surface area (Å²) in [5.74, 6) is 0. The highest BCUT2D eigenvalue weighted by molar-refractivity contribution is 7.26. The lowest BCUT2D eigenvalue weighted by molar-refractivity contribution is 1.20. The van der Waals surface area contributed by atoms with Crippen molar-refractivity contribution in [2.24, 2.45) is 0 Å². The first kappa shape index (κ1) is 41.0. The minimum Gasteiger partial charge on any atom is -0.310 e. The highest BCUT2D eigenvalue weighted by atomic mass is 32.1. The monoisotopic (exact) mass is 920 g/mol. The molecule has 0 aliphatic rings. The van der Waals surface area contributed by atoms with Crippen LogP contribution in [0, 0.1) is 0 Å². The first-order chi connectivity index (χ1) is 35.2. The van der Waals surface area contributed by atoms with Crippen LogP contribution in [0.15, 0.2) is 267 Å². The van der Waals surface area contributed by atoms with Gasteiger partial charge in [-0.15, -0.1) is 11.3 Å². The Labute approximate surface area is 416 Å². The van der Waals surface area contributed by atoms with E-state index in [1.54, 1.807) is 0 Å². The number of hydrogen-bond donors (Lipinski definition) is 0. The Kier molecular flexibility index (Phi) is 9.75. The maximum absolute atomic E-state index is 2.48. The lowest BCUT2D eigenvalue weighted by Crippen LogP contribution is -2.10. The van der Waals surface area contributed by atoms with Crippen molar-refractivity contribution in [1.82, 2.24) is 4.57 Å². The molecule has 0 N–H and O–H groups in total. The molecular formula is C68H44N2S. The molecule has 0 atom stereocenters. The van der Waals surface area contributed by atoms with Crippen LogP contribution in [-0.2, 0) is 0 Å². The van der Waals surface area contributed by atoms with E-state index < -0.39 is 0 Å². The second-order valence-corrected chi connectivity index (χ2v) is 19.4. The largest absolute Gasteiger partial charge is 0.310 e. The number of benzene rings is 12. The fourth-order valence-electron chi connectivity index (χ4n) is 11.2. The van der Waals surface area contributed by atoms with Gasteiger partial charge in [0.1, 0.15) is 0 Å². The number of nitrogens with zero attached hydrogens (tertiary/aromatic N) is 2. The molecule has 0 fully saturated rings. The summed E-state index contributed by atoms with van der Waals surface area (Å²) in [6, 6.07) is 98.0. The lowest BCUT2D eigenvalue weighted by atomic mass is 9.95. The molecule has 332 valence electrons. The smallest absolute Gasteiger partial charge is 0.0555 e. The third-order valence-corrected chi connectivity index (χ3v) is 15.6. The van der Waals surface area contributed by atoms with Gasteiger partial charge >= 0.3 is 0 Å². The third-order valence-electron chi connectivity index (χ3n) is 14.4. The molecule has 0 saturated carbocycles. The molecule has 0 unspecified atom stereocenters. The van der Waals surface area contributed by atoms with E-state index in [-0.39, 0.29) is 0 Å². The molecule has 0 spiro atoms. The Morgan fingerprint density at radius 2 is 0.901 bits per heavy atom. The van der Waals surface area contributed by atoms with Gasteiger partial charge in [-0.1, -0.05) is 206 Å². The second kappa shape index (κ2) is 16.9. The molecule has 2 nitrogen and oxygen atoms in total. The normalized spacial score (nSPS) is 11.7. The molecule has 0 amide bonds. The SMILES string of the molecule is c1ccc(-c2ccc(N(c3ccc(-c4cccc(-c5cccc6ccccc56)c4)cc3)c3cccc(-c4cccc5c4c4ccccc4n5-c4cccc5ccccc45)c3)c3c2sc2ccccc23)cc1. The first-order valence-corrected chi connectivity index (χ1v) is 25.1. The second-order valence-electron chi connectivity index (χ2n) is 18.4. The fourth-order valence-corrected chi connectivity index (χ4v) is 12.4. The molecular weight excluding hydrogens is 877 g/mol. The molecule has 0 bridgehead atoms. The van der Waals surface area contributed by atoms with Gasteiger partial charge in [0, 0.05) is 47.7 Å². The maximum atomic E-state index is 2.48. The quantitative estimate of drug-likeness (QED) is 0.147. The van der Waals surface area contributed by atoms with Gasteiger partial charge in [-0.25, -0.2) is 0 Å². The van der Waals surface area contributed by atoms with E-state index in [4.69, 9.17) is 0 Å². The molecule has 14 rings (SSSR count). The number of fused-ring (bicyclic) bond motifs is 8. The van der Waals surface area contributed by atoms with Crippen LogP contribution in [0.3, 0.4) is 0 Å². The van der Waals surface area contributed by atoms with E-state index in [0.29, 0.717) is 0 Å². The van der Waals surface area contributed by atoms with Crippen molar-refractivity contribution in [2.45, 2.75) is 0 Å². The van der Waals surface area contributed by atoms with Gasteiger partial charge in [0.15, 0.2) is 0 Å². The number of rotatable bonds is 8. The van der Waals surface area contributed by atoms with Gasteiger partial charge in [0.25, 0.3) is 0 Å². The Bertz CT molecular complexity index is 4340. The van der Waals surface area contributed by atoms with E-state index in [2.05, 4.69) is 276 Å². The summed E-state index contributed by atoms with van der Waals surface area (Å²) in [6.45, 7) is 0. The summed E-state index contributed by atoms with van der Waals surface area (Å²) in [7, 11) is 0. The summed E-state index contributed by atoms with van der Waals surface area (Å²) >= 11 is 1.88. The lowest BCUT2D eigenvalue weighted by Gasteiger charge is -2.28. The van der Waals surface area contributed by atoms with Crippen LogP contribution < -0.4 is 4.90 Å². The van der Waals surface area contributed by atoms with Crippen LogP contribution in [0.2, 0.25) is 0 Å². The Morgan fingerprint density at radius 3 is 1.75 bits per heavy atom. The van der Waals surface area contributed by atoms with Crippen molar-refractivity contribution in [3.63, 3.8) is 0 Å². The molecule has 0 aliphatic carbocycles. The van der Waals surface area contributed by atoms with E-state index in [0.717, 1.165) is 22.6 Å². The predicted octanol–water partition coefficient (Wildman–Crippen LogP) is 19.6. The van der Waals surface area contributed by atoms with Gasteiger partial charge in [-0.2, -0.15) is 0 Å². The number of aromatic nitrogens is 1. The fraction of sp³-hybridized carbons (Fsp3) is 0. The van der Waals surface area contributed by atoms with Crippen LogP contribution in [0.4, 0.5) is 17.1 Å². The predicted molar refractivity (Wildman–Crippen MR) is 305 cm³/mol. The van der Waals surface area contributed by atoms with Crippen LogP contribution >= 0.6 is 11.3 Å². The van der Waals surface area contributed by atoms with Gasteiger partial charge in [0.05, 0.1) is 22.4 Å². The summed E-state index contributed by atoms with van der Waals surface area (Å²) in [6.07, 6.45) is 0. The van der Waals surface area contributed by atoms with Crippen LogP contribution in [0.5, 0.6) is 0 Å². The van der Waals surface area contributed by atoms with Crippen molar-refractivity contribution < 1.29 is 0 Å². The van der Waals surface area contributed by atoms with Crippen LogP contribution in [0.1, 0.15) is 0 Å². The summed E-state index contributed by atoms with van der Waals surface area (Å²) in [5, 5.41) is 9.96. The molecule has 0 aliphatic heterocycles. The van der Waals surface area contributed by atoms with Gasteiger partial charge in [0.2, 0.25) is 0 Å². The standard InChI is InChI=1S/C68H44N2S/c1-2-17-48(18-3-1)58-41-42-64(67-60-30-9-11-36-65(60)71-68(58)67)69(52-39-37-45(38-40-52)49-23-12-24-50(43-49)55-31-14-21-46-19-4-6-27-54(46)55)53-26-13-25-51(44-53)57-32-16-35-63-66(57)59-29-8-10-33-62(59)70(63)61-34-15-22-47-20-5-7-28-56(47)61/h1-44H. The van der Waals surface area contributed by atoms with Gasteiger partial charge < -0.3 is 9.47 Å². The van der Waals surface area contributed by atoms with Crippen molar-refractivity contribution in [2.75, 3.05) is 4.90 Å². The number of anilines is 3. The highest BCUT2D eigenvalue weighted by Gasteiger charge is 2.23. The number of hydrogen-bond acceptors (Lipinski definition) is 2. The summed E-state index contributed by atoms with van der Waals surface area (Å²) in [5.41, 5.74) is 16.5. The third kappa shape index (κ3) is 6.85. The van der Waals surface area contributed by atoms with Crippen LogP contribution in [0.25, 0.3) is 114 Å². The molecule has 3 heteroatoms. The molecule has 12 aromatic carbocycles. The van der Waals surface area contributed by atoms with Crippen LogP contribution in [-0.4, -0.2) is 4.57 Å². The highest BCUT2D eigenvalue weighted by Crippen LogP contribution is 2.49. The first-order valence-electron chi connectivity index (χ1n) is 24.3. The van der Waals surface area contributed by atoms with Crippen molar-refractivity contribution in [3.05, 3.63) is 267 Å². The molecule has 0 radical (unpaired) electrons. The summed E-state index contributed by atoms with van der Waals surface area (Å²) < 4.78 is 5.01.